The molecule has 3 rings (SSSR count). The minimum absolute atomic E-state index is 0.0976. The zero-order chi connectivity index (χ0) is 24.5. The Labute approximate surface area is 202 Å². The van der Waals surface area contributed by atoms with Crippen LogP contribution in [0.25, 0.3) is 10.9 Å². The van der Waals surface area contributed by atoms with Gasteiger partial charge in [0.25, 0.3) is 5.91 Å². The molecule has 0 aliphatic carbocycles. The van der Waals surface area contributed by atoms with E-state index < -0.39 is 0 Å². The first kappa shape index (κ1) is 26.2. The van der Waals surface area contributed by atoms with E-state index in [1.54, 1.807) is 13.2 Å². The molecule has 188 valence electrons. The molecule has 1 aliphatic heterocycles. The number of nitrogens with one attached hydrogen (secondary N) is 1. The van der Waals surface area contributed by atoms with E-state index in [2.05, 4.69) is 37.9 Å². The molecule has 0 radical (unpaired) electrons. The minimum atomic E-state index is -0.198. The standard InChI is InChI=1S/C26H39N3O5/c1-18(2)16-34-23-10-6-9-21-24(33-13-12-32-17-31-5)14-22(28-25(21)23)26(30)27-20-8-7-11-29(15-20)19(3)4/h6,9-10,14,18-20H,7-8,11-13,15-17H2,1-5H3,(H,27,30)/t20-/m1/s1. The van der Waals surface area contributed by atoms with Crippen LogP contribution in [-0.2, 0) is 9.47 Å². The van der Waals surface area contributed by atoms with Crippen molar-refractivity contribution in [2.75, 3.05) is 46.8 Å². The highest BCUT2D eigenvalue weighted by Crippen LogP contribution is 2.32. The van der Waals surface area contributed by atoms with Crippen molar-refractivity contribution in [3.05, 3.63) is 30.0 Å². The van der Waals surface area contributed by atoms with Crippen LogP contribution in [0.2, 0.25) is 0 Å². The number of pyridine rings is 1. The number of aromatic nitrogens is 1. The number of para-hydroxylation sites is 1. The van der Waals surface area contributed by atoms with E-state index in [0.717, 1.165) is 31.3 Å². The number of methoxy groups -OCH3 is 1. The summed E-state index contributed by atoms with van der Waals surface area (Å²) in [6, 6.07) is 7.99. The maximum atomic E-state index is 13.2. The van der Waals surface area contributed by atoms with Crippen LogP contribution < -0.4 is 14.8 Å². The molecular formula is C26H39N3O5. The first-order valence-corrected chi connectivity index (χ1v) is 12.2. The predicted molar refractivity (Wildman–Crippen MR) is 133 cm³/mol. The molecule has 1 aromatic carbocycles. The van der Waals surface area contributed by atoms with Crippen molar-refractivity contribution < 1.29 is 23.7 Å². The van der Waals surface area contributed by atoms with Gasteiger partial charge in [0.05, 0.1) is 13.2 Å². The summed E-state index contributed by atoms with van der Waals surface area (Å²) >= 11 is 0. The molecule has 1 aliphatic rings. The highest BCUT2D eigenvalue weighted by atomic mass is 16.7. The number of fused-ring (bicyclic) bond motifs is 1. The lowest BCUT2D eigenvalue weighted by Crippen LogP contribution is -2.49. The van der Waals surface area contributed by atoms with Crippen LogP contribution in [0.3, 0.4) is 0 Å². The van der Waals surface area contributed by atoms with Crippen LogP contribution in [0.15, 0.2) is 24.3 Å². The molecule has 1 fully saturated rings. The number of piperidine rings is 1. The smallest absolute Gasteiger partial charge is 0.270 e. The quantitative estimate of drug-likeness (QED) is 0.370. The normalized spacial score (nSPS) is 16.9. The van der Waals surface area contributed by atoms with Gasteiger partial charge in [0, 0.05) is 37.2 Å². The van der Waals surface area contributed by atoms with Gasteiger partial charge >= 0.3 is 0 Å². The number of carbonyl (C=O) groups is 1. The maximum absolute atomic E-state index is 13.2. The largest absolute Gasteiger partial charge is 0.491 e. The molecular weight excluding hydrogens is 434 g/mol. The topological polar surface area (TPSA) is 82.2 Å². The van der Waals surface area contributed by atoms with Gasteiger partial charge in [-0.15, -0.1) is 0 Å². The van der Waals surface area contributed by atoms with Gasteiger partial charge < -0.3 is 24.3 Å². The van der Waals surface area contributed by atoms with Gasteiger partial charge in [-0.1, -0.05) is 19.9 Å². The van der Waals surface area contributed by atoms with Gasteiger partial charge in [-0.25, -0.2) is 4.98 Å². The predicted octanol–water partition coefficient (Wildman–Crippen LogP) is 3.87. The lowest BCUT2D eigenvalue weighted by molar-refractivity contribution is -0.0386. The van der Waals surface area contributed by atoms with Crippen molar-refractivity contribution in [2.45, 2.75) is 52.6 Å². The molecule has 0 saturated carbocycles. The third-order valence-corrected chi connectivity index (χ3v) is 5.77. The van der Waals surface area contributed by atoms with E-state index in [1.807, 2.05) is 18.2 Å². The summed E-state index contributed by atoms with van der Waals surface area (Å²) in [6.45, 7) is 11.9. The number of amides is 1. The number of likely N-dealkylation sites (tertiary alicyclic amines) is 1. The second-order valence-corrected chi connectivity index (χ2v) is 9.43. The first-order chi connectivity index (χ1) is 16.4. The summed E-state index contributed by atoms with van der Waals surface area (Å²) in [5.41, 5.74) is 0.943. The summed E-state index contributed by atoms with van der Waals surface area (Å²) in [5, 5.41) is 3.98. The molecule has 2 heterocycles. The zero-order valence-electron chi connectivity index (χ0n) is 21.1. The molecule has 34 heavy (non-hydrogen) atoms. The SMILES string of the molecule is COCOCCOc1cc(C(=O)N[C@@H]2CCCN(C(C)C)C2)nc2c(OCC(C)C)cccc12. The van der Waals surface area contributed by atoms with E-state index >= 15 is 0 Å². The number of hydrogen-bond acceptors (Lipinski definition) is 7. The fraction of sp³-hybridized carbons (Fsp3) is 0.615. The van der Waals surface area contributed by atoms with E-state index in [0.29, 0.717) is 54.5 Å². The van der Waals surface area contributed by atoms with Gasteiger partial charge in [-0.3, -0.25) is 9.69 Å². The lowest BCUT2D eigenvalue weighted by atomic mass is 10.0. The van der Waals surface area contributed by atoms with Crippen molar-refractivity contribution >= 4 is 16.8 Å². The Bertz CT molecular complexity index is 934. The average molecular weight is 474 g/mol. The highest BCUT2D eigenvalue weighted by molar-refractivity contribution is 5.98. The molecule has 1 atom stereocenters. The maximum Gasteiger partial charge on any atom is 0.270 e. The van der Waals surface area contributed by atoms with Crippen LogP contribution in [0.1, 0.15) is 51.0 Å². The Morgan fingerprint density at radius 3 is 2.74 bits per heavy atom. The van der Waals surface area contributed by atoms with Gasteiger partial charge in [-0.2, -0.15) is 0 Å². The van der Waals surface area contributed by atoms with Crippen molar-refractivity contribution in [3.63, 3.8) is 0 Å². The summed E-state index contributed by atoms with van der Waals surface area (Å²) in [5.74, 6) is 1.39. The van der Waals surface area contributed by atoms with Crippen LogP contribution in [0.4, 0.5) is 0 Å². The van der Waals surface area contributed by atoms with Gasteiger partial charge in [0.2, 0.25) is 0 Å². The molecule has 0 spiro atoms. The van der Waals surface area contributed by atoms with Crippen LogP contribution >= 0.6 is 0 Å². The Balaban J connectivity index is 1.85. The highest BCUT2D eigenvalue weighted by Gasteiger charge is 2.24. The van der Waals surface area contributed by atoms with Crippen LogP contribution in [-0.4, -0.2) is 74.7 Å². The molecule has 8 nitrogen and oxygen atoms in total. The average Bonchev–Trinajstić information content (AvgIpc) is 2.82. The van der Waals surface area contributed by atoms with Gasteiger partial charge in [0.15, 0.2) is 0 Å². The molecule has 1 aromatic heterocycles. The number of rotatable bonds is 12. The van der Waals surface area contributed by atoms with Crippen molar-refractivity contribution in [2.24, 2.45) is 5.92 Å². The van der Waals surface area contributed by atoms with Crippen LogP contribution in [0.5, 0.6) is 11.5 Å². The Morgan fingerprint density at radius 2 is 2.00 bits per heavy atom. The second kappa shape index (κ2) is 12.9. The third-order valence-electron chi connectivity index (χ3n) is 5.77. The summed E-state index contributed by atoms with van der Waals surface area (Å²) in [7, 11) is 1.58. The number of ether oxygens (including phenoxy) is 4. The Hall–Kier alpha value is -2.42. The molecule has 2 aromatic rings. The molecule has 8 heteroatoms. The van der Waals surface area contributed by atoms with E-state index in [1.165, 1.54) is 0 Å². The molecule has 0 bridgehead atoms. The van der Waals surface area contributed by atoms with E-state index in [4.69, 9.17) is 23.9 Å². The first-order valence-electron chi connectivity index (χ1n) is 12.2. The Morgan fingerprint density at radius 1 is 1.18 bits per heavy atom. The second-order valence-electron chi connectivity index (χ2n) is 9.43. The van der Waals surface area contributed by atoms with Crippen LogP contribution in [0, 0.1) is 5.92 Å². The fourth-order valence-corrected chi connectivity index (χ4v) is 4.01. The number of hydrogen-bond donors (Lipinski definition) is 1. The number of benzene rings is 1. The third kappa shape index (κ3) is 7.29. The van der Waals surface area contributed by atoms with Gasteiger partial charge in [-0.05, 0) is 51.3 Å². The van der Waals surface area contributed by atoms with Crippen molar-refractivity contribution in [3.8, 4) is 11.5 Å². The Kier molecular flexibility index (Phi) is 9.92. The minimum Gasteiger partial charge on any atom is -0.491 e. The number of carbonyl (C=O) groups excluding carboxylic acids is 1. The monoisotopic (exact) mass is 473 g/mol. The summed E-state index contributed by atoms with van der Waals surface area (Å²) < 4.78 is 22.3. The summed E-state index contributed by atoms with van der Waals surface area (Å²) in [6.07, 6.45) is 2.03. The zero-order valence-corrected chi connectivity index (χ0v) is 21.1. The molecule has 1 N–H and O–H groups in total. The van der Waals surface area contributed by atoms with E-state index in [9.17, 15) is 4.79 Å². The fourth-order valence-electron chi connectivity index (χ4n) is 4.01. The molecule has 0 unspecified atom stereocenters. The molecule has 1 amide bonds. The molecule has 1 saturated heterocycles. The number of nitrogens with zero attached hydrogens (tertiary/aromatic N) is 2. The lowest BCUT2D eigenvalue weighted by Gasteiger charge is -2.35. The van der Waals surface area contributed by atoms with Crippen molar-refractivity contribution in [1.82, 2.24) is 15.2 Å². The summed E-state index contributed by atoms with van der Waals surface area (Å²) in [4.78, 5) is 20.4. The van der Waals surface area contributed by atoms with Gasteiger partial charge in [0.1, 0.15) is 36.1 Å². The van der Waals surface area contributed by atoms with Crippen molar-refractivity contribution in [1.29, 1.82) is 0 Å². The van der Waals surface area contributed by atoms with E-state index in [-0.39, 0.29) is 18.7 Å².